The van der Waals surface area contributed by atoms with Crippen molar-refractivity contribution in [3.63, 3.8) is 0 Å². The Labute approximate surface area is 299 Å². The number of sulfonamides is 1. The number of aliphatic hydroxyl groups excluding tert-OH is 1. The van der Waals surface area contributed by atoms with Gasteiger partial charge < -0.3 is 26.3 Å². The molecule has 3 aromatic rings. The average molecular weight is 721 g/mol. The van der Waals surface area contributed by atoms with E-state index in [1.165, 1.54) is 39.7 Å². The zero-order valence-corrected chi connectivity index (χ0v) is 30.2. The van der Waals surface area contributed by atoms with E-state index in [0.717, 1.165) is 21.6 Å². The largest absolute Gasteiger partial charge is 0.411 e. The standard InChI is InChI=1S/C37H48N6O7S/c1-25(2)21-41(51(49,50)31-15-13-28(14-16-31)20-39-48)23-33(44)32(18-27-9-6-5-7-10-27)40-36(46)35(26(3)4)43-24-34(45)42(37(43)47)22-30-12-8-11-29(17-30)19-38/h5-17,20,25-26,32-33,35,44,48H,18-19,21-24,38H2,1-4H3,(H,40,46)/t32-,33-,35-/m0/s1. The van der Waals surface area contributed by atoms with Crippen LogP contribution in [0.25, 0.3) is 0 Å². The van der Waals surface area contributed by atoms with E-state index in [-0.39, 0.29) is 43.4 Å². The molecule has 0 aliphatic carbocycles. The highest BCUT2D eigenvalue weighted by molar-refractivity contribution is 7.89. The third kappa shape index (κ3) is 10.0. The Bertz CT molecular complexity index is 1780. The molecule has 0 spiro atoms. The molecule has 3 aromatic carbocycles. The number of aliphatic hydroxyl groups is 1. The van der Waals surface area contributed by atoms with Crippen LogP contribution < -0.4 is 11.1 Å². The zero-order chi connectivity index (χ0) is 37.3. The summed E-state index contributed by atoms with van der Waals surface area (Å²) in [6.45, 7) is 7.07. The number of amides is 4. The number of nitrogens with two attached hydrogens (primary N) is 1. The molecular weight excluding hydrogens is 673 g/mol. The molecule has 5 N–H and O–H groups in total. The van der Waals surface area contributed by atoms with Crippen LogP contribution in [0.2, 0.25) is 0 Å². The van der Waals surface area contributed by atoms with Gasteiger partial charge in [0.1, 0.15) is 12.6 Å². The van der Waals surface area contributed by atoms with E-state index in [2.05, 4.69) is 10.5 Å². The molecule has 1 aliphatic rings. The van der Waals surface area contributed by atoms with Crippen LogP contribution in [-0.2, 0) is 39.1 Å². The number of rotatable bonds is 17. The Hall–Kier alpha value is -4.63. The highest BCUT2D eigenvalue weighted by Crippen LogP contribution is 2.24. The lowest BCUT2D eigenvalue weighted by Gasteiger charge is -2.34. The number of nitrogens with zero attached hydrogens (tertiary/aromatic N) is 4. The fourth-order valence-electron chi connectivity index (χ4n) is 6.15. The lowest BCUT2D eigenvalue weighted by Crippen LogP contribution is -2.57. The quantitative estimate of drug-likeness (QED) is 0.0709. The van der Waals surface area contributed by atoms with E-state index in [1.807, 2.05) is 56.3 Å². The number of nitrogens with one attached hydrogen (secondary N) is 1. The summed E-state index contributed by atoms with van der Waals surface area (Å²) in [6.07, 6.45) is -0.0179. The van der Waals surface area contributed by atoms with Crippen molar-refractivity contribution in [2.24, 2.45) is 22.7 Å². The normalized spacial score (nSPS) is 15.7. The van der Waals surface area contributed by atoms with Gasteiger partial charge in [0.15, 0.2) is 0 Å². The number of hydrogen-bond donors (Lipinski definition) is 4. The molecule has 14 heteroatoms. The van der Waals surface area contributed by atoms with Crippen LogP contribution in [0.5, 0.6) is 0 Å². The summed E-state index contributed by atoms with van der Waals surface area (Å²) in [4.78, 5) is 43.3. The van der Waals surface area contributed by atoms with Crippen molar-refractivity contribution in [2.75, 3.05) is 19.6 Å². The Balaban J connectivity index is 1.59. The molecule has 1 heterocycles. The van der Waals surface area contributed by atoms with Gasteiger partial charge in [0.2, 0.25) is 15.9 Å². The predicted octanol–water partition coefficient (Wildman–Crippen LogP) is 3.18. The first-order valence-electron chi connectivity index (χ1n) is 16.9. The van der Waals surface area contributed by atoms with Gasteiger partial charge in [-0.15, -0.1) is 0 Å². The van der Waals surface area contributed by atoms with Crippen molar-refractivity contribution in [1.82, 2.24) is 19.4 Å². The van der Waals surface area contributed by atoms with Gasteiger partial charge in [0.25, 0.3) is 5.91 Å². The summed E-state index contributed by atoms with van der Waals surface area (Å²) in [5.41, 5.74) is 8.65. The Morgan fingerprint density at radius 1 is 0.961 bits per heavy atom. The lowest BCUT2D eigenvalue weighted by molar-refractivity contribution is -0.129. The summed E-state index contributed by atoms with van der Waals surface area (Å²) >= 11 is 0. The van der Waals surface area contributed by atoms with Crippen molar-refractivity contribution in [3.8, 4) is 0 Å². The van der Waals surface area contributed by atoms with Crippen LogP contribution in [0.1, 0.15) is 49.9 Å². The number of imide groups is 1. The van der Waals surface area contributed by atoms with E-state index in [4.69, 9.17) is 10.9 Å². The highest BCUT2D eigenvalue weighted by Gasteiger charge is 2.44. The first-order chi connectivity index (χ1) is 24.2. The van der Waals surface area contributed by atoms with Gasteiger partial charge in [-0.05, 0) is 52.6 Å². The molecule has 0 radical (unpaired) electrons. The fraction of sp³-hybridized carbons (Fsp3) is 0.405. The molecule has 3 atom stereocenters. The molecular formula is C37H48N6O7S. The maximum Gasteiger partial charge on any atom is 0.328 e. The fourth-order valence-corrected chi connectivity index (χ4v) is 7.77. The van der Waals surface area contributed by atoms with Crippen molar-refractivity contribution in [2.45, 2.75) is 70.3 Å². The third-order valence-corrected chi connectivity index (χ3v) is 10.5. The Morgan fingerprint density at radius 3 is 2.22 bits per heavy atom. The second-order valence-electron chi connectivity index (χ2n) is 13.5. The predicted molar refractivity (Wildman–Crippen MR) is 193 cm³/mol. The topological polar surface area (TPSA) is 186 Å². The minimum absolute atomic E-state index is 0.00882. The first-order valence-corrected chi connectivity index (χ1v) is 18.4. The molecule has 0 bridgehead atoms. The second-order valence-corrected chi connectivity index (χ2v) is 15.4. The Kier molecular flexibility index (Phi) is 13.5. The molecule has 4 rings (SSSR count). The molecule has 1 aliphatic heterocycles. The molecule has 0 unspecified atom stereocenters. The smallest absolute Gasteiger partial charge is 0.328 e. The van der Waals surface area contributed by atoms with Crippen molar-refractivity contribution in [1.29, 1.82) is 0 Å². The average Bonchev–Trinajstić information content (AvgIpc) is 3.36. The van der Waals surface area contributed by atoms with Gasteiger partial charge in [-0.3, -0.25) is 14.5 Å². The van der Waals surface area contributed by atoms with E-state index < -0.39 is 52.0 Å². The van der Waals surface area contributed by atoms with Gasteiger partial charge in [0.05, 0.1) is 29.8 Å². The number of oxime groups is 1. The molecule has 0 saturated carbocycles. The van der Waals surface area contributed by atoms with E-state index in [0.29, 0.717) is 12.1 Å². The van der Waals surface area contributed by atoms with Crippen LogP contribution in [0.15, 0.2) is 88.9 Å². The summed E-state index contributed by atoms with van der Waals surface area (Å²) in [7, 11) is -4.10. The number of carbonyl (C=O) groups excluding carboxylic acids is 3. The maximum atomic E-state index is 14.1. The molecule has 4 amide bonds. The van der Waals surface area contributed by atoms with Crippen LogP contribution in [-0.4, -0.2) is 94.7 Å². The minimum atomic E-state index is -4.10. The molecule has 13 nitrogen and oxygen atoms in total. The zero-order valence-electron chi connectivity index (χ0n) is 29.4. The van der Waals surface area contributed by atoms with E-state index in [9.17, 15) is 27.9 Å². The number of benzene rings is 3. The number of hydrogen-bond acceptors (Lipinski definition) is 9. The summed E-state index contributed by atoms with van der Waals surface area (Å²) < 4.78 is 28.9. The van der Waals surface area contributed by atoms with Crippen LogP contribution >= 0.6 is 0 Å². The SMILES string of the molecule is CC(C)CN(C[C@H](O)[C@H](Cc1ccccc1)NC(=O)[C@H](C(C)C)N1CC(=O)N(Cc2cccc(CN)c2)C1=O)S(=O)(=O)c1ccc(C=NO)cc1. The Morgan fingerprint density at radius 2 is 1.61 bits per heavy atom. The first kappa shape index (κ1) is 39.2. The van der Waals surface area contributed by atoms with Gasteiger partial charge in [-0.1, -0.05) is 99.6 Å². The molecule has 1 saturated heterocycles. The summed E-state index contributed by atoms with van der Waals surface area (Å²) in [6, 6.07) is 19.6. The van der Waals surface area contributed by atoms with Crippen LogP contribution in [0, 0.1) is 11.8 Å². The summed E-state index contributed by atoms with van der Waals surface area (Å²) in [5, 5.41) is 26.5. The maximum absolute atomic E-state index is 14.1. The number of urea groups is 1. The number of carbonyl (C=O) groups is 3. The lowest BCUT2D eigenvalue weighted by atomic mass is 9.97. The minimum Gasteiger partial charge on any atom is -0.411 e. The van der Waals surface area contributed by atoms with E-state index in [1.54, 1.807) is 26.0 Å². The van der Waals surface area contributed by atoms with Crippen LogP contribution in [0.4, 0.5) is 4.79 Å². The molecule has 0 aromatic heterocycles. The van der Waals surface area contributed by atoms with Gasteiger partial charge in [0, 0.05) is 19.6 Å². The third-order valence-electron chi connectivity index (χ3n) is 8.66. The van der Waals surface area contributed by atoms with Crippen molar-refractivity contribution >= 4 is 34.1 Å². The molecule has 1 fully saturated rings. The molecule has 51 heavy (non-hydrogen) atoms. The van der Waals surface area contributed by atoms with Gasteiger partial charge in [-0.25, -0.2) is 13.2 Å². The monoisotopic (exact) mass is 720 g/mol. The molecule has 274 valence electrons. The van der Waals surface area contributed by atoms with Crippen molar-refractivity contribution in [3.05, 3.63) is 101 Å². The van der Waals surface area contributed by atoms with Crippen molar-refractivity contribution < 1.29 is 33.1 Å². The highest BCUT2D eigenvalue weighted by atomic mass is 32.2. The van der Waals surface area contributed by atoms with Crippen LogP contribution in [0.3, 0.4) is 0 Å². The summed E-state index contributed by atoms with van der Waals surface area (Å²) in [5.74, 6) is -1.52. The van der Waals surface area contributed by atoms with Gasteiger partial charge >= 0.3 is 6.03 Å². The second kappa shape index (κ2) is 17.5. The van der Waals surface area contributed by atoms with E-state index >= 15 is 0 Å². The van der Waals surface area contributed by atoms with Gasteiger partial charge in [-0.2, -0.15) is 4.31 Å².